The van der Waals surface area contributed by atoms with Crippen LogP contribution in [0.5, 0.6) is 0 Å². The fraction of sp³-hybridized carbons (Fsp3) is 0.0625. The molecule has 0 fully saturated rings. The molecule has 0 spiro atoms. The van der Waals surface area contributed by atoms with E-state index in [0.717, 1.165) is 17.7 Å². The van der Waals surface area contributed by atoms with E-state index < -0.39 is 11.7 Å². The van der Waals surface area contributed by atoms with Crippen molar-refractivity contribution in [2.24, 2.45) is 0 Å². The lowest BCUT2D eigenvalue weighted by molar-refractivity contribution is -0.137. The molecule has 0 atom stereocenters. The fourth-order valence-corrected chi connectivity index (χ4v) is 2.51. The van der Waals surface area contributed by atoms with Gasteiger partial charge in [0, 0.05) is 16.5 Å². The highest BCUT2D eigenvalue weighted by Gasteiger charge is 2.30. The molecule has 0 aliphatic carbocycles. The third kappa shape index (κ3) is 3.05. The van der Waals surface area contributed by atoms with Crippen molar-refractivity contribution < 1.29 is 13.2 Å². The second-order valence-corrected chi connectivity index (χ2v) is 5.39. The lowest BCUT2D eigenvalue weighted by Gasteiger charge is -2.08. The Balaban J connectivity index is 2.02. The maximum Gasteiger partial charge on any atom is 0.416 e. The van der Waals surface area contributed by atoms with Crippen LogP contribution in [0.4, 0.5) is 13.2 Å². The first-order valence-electron chi connectivity index (χ1n) is 6.64. The smallest absolute Gasteiger partial charge is 0.290 e. The third-order valence-electron chi connectivity index (χ3n) is 3.37. The first-order chi connectivity index (χ1) is 10.9. The minimum absolute atomic E-state index is 0.325. The number of benzene rings is 2. The zero-order valence-corrected chi connectivity index (χ0v) is 12.5. The normalized spacial score (nSPS) is 11.7. The van der Waals surface area contributed by atoms with Gasteiger partial charge in [0.1, 0.15) is 0 Å². The molecule has 7 heteroatoms. The Labute approximate surface area is 134 Å². The highest BCUT2D eigenvalue weighted by molar-refractivity contribution is 7.80. The average Bonchev–Trinajstić information content (AvgIpc) is 2.89. The summed E-state index contributed by atoms with van der Waals surface area (Å²) in [4.78, 5) is 12.8. The summed E-state index contributed by atoms with van der Waals surface area (Å²) in [5.41, 5.74) is 0.475. The molecule has 0 aliphatic rings. The first kappa shape index (κ1) is 15.5. The van der Waals surface area contributed by atoms with E-state index in [1.807, 2.05) is 12.1 Å². The number of thiol groups is 1. The third-order valence-corrected chi connectivity index (χ3v) is 3.76. The number of aromatic amines is 1. The summed E-state index contributed by atoms with van der Waals surface area (Å²) in [6, 6.07) is 13.0. The molecule has 3 nitrogen and oxygen atoms in total. The summed E-state index contributed by atoms with van der Waals surface area (Å²) in [7, 11) is 0. The molecular formula is C16H11F3N2OS. The number of nitrogens with one attached hydrogen (secondary N) is 1. The Kier molecular flexibility index (Phi) is 3.81. The van der Waals surface area contributed by atoms with E-state index in [-0.39, 0.29) is 5.56 Å². The van der Waals surface area contributed by atoms with E-state index in [0.29, 0.717) is 16.3 Å². The van der Waals surface area contributed by atoms with Gasteiger partial charge in [-0.1, -0.05) is 18.2 Å². The molecule has 0 radical (unpaired) electrons. The summed E-state index contributed by atoms with van der Waals surface area (Å²) in [6.45, 7) is 0. The molecule has 0 saturated heterocycles. The molecule has 0 aliphatic heterocycles. The van der Waals surface area contributed by atoms with E-state index >= 15 is 0 Å². The van der Waals surface area contributed by atoms with Crippen LogP contribution in [0.3, 0.4) is 0 Å². The van der Waals surface area contributed by atoms with Crippen molar-refractivity contribution in [2.45, 2.75) is 11.1 Å². The van der Waals surface area contributed by atoms with Gasteiger partial charge in [0.15, 0.2) is 0 Å². The van der Waals surface area contributed by atoms with E-state index in [4.69, 9.17) is 0 Å². The van der Waals surface area contributed by atoms with Crippen LogP contribution in [0.25, 0.3) is 16.9 Å². The van der Waals surface area contributed by atoms with Gasteiger partial charge in [-0.2, -0.15) is 13.2 Å². The molecule has 23 heavy (non-hydrogen) atoms. The molecule has 0 bridgehead atoms. The van der Waals surface area contributed by atoms with Gasteiger partial charge in [0.05, 0.1) is 16.9 Å². The maximum absolute atomic E-state index is 12.6. The quantitative estimate of drug-likeness (QED) is 0.678. The van der Waals surface area contributed by atoms with Gasteiger partial charge in [-0.15, -0.1) is 12.6 Å². The molecule has 1 heterocycles. The van der Waals surface area contributed by atoms with Gasteiger partial charge in [-0.3, -0.25) is 9.89 Å². The van der Waals surface area contributed by atoms with Crippen LogP contribution in [0.1, 0.15) is 5.56 Å². The van der Waals surface area contributed by atoms with Gasteiger partial charge in [0.25, 0.3) is 5.56 Å². The molecule has 3 rings (SSSR count). The second-order valence-electron chi connectivity index (χ2n) is 4.91. The van der Waals surface area contributed by atoms with Crippen molar-refractivity contribution in [1.82, 2.24) is 9.78 Å². The monoisotopic (exact) mass is 336 g/mol. The summed E-state index contributed by atoms with van der Waals surface area (Å²) in [5.74, 6) is 0. The van der Waals surface area contributed by atoms with Gasteiger partial charge in [-0.05, 0) is 30.3 Å². The van der Waals surface area contributed by atoms with Crippen LogP contribution in [0.15, 0.2) is 64.3 Å². The number of H-pyrrole nitrogens is 1. The van der Waals surface area contributed by atoms with Crippen LogP contribution < -0.4 is 5.56 Å². The molecule has 3 aromatic rings. The molecule has 1 N–H and O–H groups in total. The van der Waals surface area contributed by atoms with Crippen molar-refractivity contribution >= 4 is 12.6 Å². The predicted octanol–water partition coefficient (Wildman–Crippen LogP) is 4.14. The molecule has 0 unspecified atom stereocenters. The average molecular weight is 336 g/mol. The van der Waals surface area contributed by atoms with Crippen LogP contribution in [0, 0.1) is 0 Å². The standard InChI is InChI=1S/C16H11F3N2OS/c17-16(18,19)10-5-7-11(8-6-10)21-15(22)9-13(20-21)12-3-1-2-4-14(12)23/h1-9,20,23H. The number of halogens is 3. The van der Waals surface area contributed by atoms with E-state index in [1.165, 1.54) is 22.9 Å². The van der Waals surface area contributed by atoms with Gasteiger partial charge < -0.3 is 0 Å². The Morgan fingerprint density at radius 2 is 1.65 bits per heavy atom. The van der Waals surface area contributed by atoms with Crippen molar-refractivity contribution in [3.05, 3.63) is 70.5 Å². The van der Waals surface area contributed by atoms with Crippen LogP contribution in [0.2, 0.25) is 0 Å². The Morgan fingerprint density at radius 3 is 2.26 bits per heavy atom. The largest absolute Gasteiger partial charge is 0.416 e. The van der Waals surface area contributed by atoms with Crippen molar-refractivity contribution in [2.75, 3.05) is 0 Å². The molecular weight excluding hydrogens is 325 g/mol. The molecule has 118 valence electrons. The van der Waals surface area contributed by atoms with Gasteiger partial charge in [0.2, 0.25) is 0 Å². The number of aromatic nitrogens is 2. The number of hydrogen-bond acceptors (Lipinski definition) is 2. The minimum Gasteiger partial charge on any atom is -0.290 e. The molecule has 0 saturated carbocycles. The van der Waals surface area contributed by atoms with Gasteiger partial charge >= 0.3 is 6.18 Å². The first-order valence-corrected chi connectivity index (χ1v) is 7.09. The van der Waals surface area contributed by atoms with E-state index in [9.17, 15) is 18.0 Å². The molecule has 1 aromatic heterocycles. The molecule has 2 aromatic carbocycles. The highest BCUT2D eigenvalue weighted by atomic mass is 32.1. The molecule has 0 amide bonds. The lowest BCUT2D eigenvalue weighted by atomic mass is 10.1. The van der Waals surface area contributed by atoms with Crippen molar-refractivity contribution in [3.63, 3.8) is 0 Å². The maximum atomic E-state index is 12.6. The van der Waals surface area contributed by atoms with Crippen LogP contribution >= 0.6 is 12.6 Å². The Morgan fingerprint density at radius 1 is 1.00 bits per heavy atom. The Bertz CT molecular complexity index is 895. The highest BCUT2D eigenvalue weighted by Crippen LogP contribution is 2.29. The van der Waals surface area contributed by atoms with Crippen molar-refractivity contribution in [1.29, 1.82) is 0 Å². The summed E-state index contributed by atoms with van der Waals surface area (Å²) >= 11 is 4.33. The predicted molar refractivity (Wildman–Crippen MR) is 84.1 cm³/mol. The number of nitrogens with zero attached hydrogens (tertiary/aromatic N) is 1. The zero-order valence-electron chi connectivity index (χ0n) is 11.6. The SMILES string of the molecule is O=c1cc(-c2ccccc2S)[nH]n1-c1ccc(C(F)(F)F)cc1. The summed E-state index contributed by atoms with van der Waals surface area (Å²) < 4.78 is 38.9. The van der Waals surface area contributed by atoms with Gasteiger partial charge in [-0.25, -0.2) is 4.68 Å². The summed E-state index contributed by atoms with van der Waals surface area (Å²) in [6.07, 6.45) is -4.41. The lowest BCUT2D eigenvalue weighted by Crippen LogP contribution is -2.14. The number of rotatable bonds is 2. The zero-order chi connectivity index (χ0) is 16.6. The van der Waals surface area contributed by atoms with E-state index in [2.05, 4.69) is 17.7 Å². The topological polar surface area (TPSA) is 37.8 Å². The van der Waals surface area contributed by atoms with Crippen LogP contribution in [-0.2, 0) is 6.18 Å². The number of hydrogen-bond donors (Lipinski definition) is 2. The minimum atomic E-state index is -4.41. The van der Waals surface area contributed by atoms with E-state index in [1.54, 1.807) is 12.1 Å². The summed E-state index contributed by atoms with van der Waals surface area (Å²) in [5, 5.41) is 2.89. The van der Waals surface area contributed by atoms with Crippen molar-refractivity contribution in [3.8, 4) is 16.9 Å². The fourth-order valence-electron chi connectivity index (χ4n) is 2.23. The Hall–Kier alpha value is -2.41. The number of alkyl halides is 3. The second kappa shape index (κ2) is 5.66. The van der Waals surface area contributed by atoms with Crippen LogP contribution in [-0.4, -0.2) is 9.78 Å².